The standard InChI is InChI=1S/C19H20ClFN2O5S/c1-13(22-29(26,27)14-7-4-3-5-8-14)19(25)28-12-18(24)23(2)11-15-16(20)9-6-10-17(15)21/h3-10,13,22H,11-12H2,1-2H3. The molecule has 1 N–H and O–H groups in total. The minimum absolute atomic E-state index is 0.00257. The molecule has 1 unspecified atom stereocenters. The van der Waals surface area contributed by atoms with Crippen LogP contribution in [0.5, 0.6) is 0 Å². The van der Waals surface area contributed by atoms with Crippen molar-refractivity contribution in [2.45, 2.75) is 24.4 Å². The van der Waals surface area contributed by atoms with Crippen LogP contribution < -0.4 is 4.72 Å². The van der Waals surface area contributed by atoms with Crippen molar-refractivity contribution in [2.75, 3.05) is 13.7 Å². The lowest BCUT2D eigenvalue weighted by Crippen LogP contribution is -2.41. The Morgan fingerprint density at radius 2 is 1.83 bits per heavy atom. The highest BCUT2D eigenvalue weighted by Crippen LogP contribution is 2.20. The molecule has 0 aromatic heterocycles. The van der Waals surface area contributed by atoms with Gasteiger partial charge in [0.25, 0.3) is 5.91 Å². The number of rotatable bonds is 8. The highest BCUT2D eigenvalue weighted by molar-refractivity contribution is 7.89. The van der Waals surface area contributed by atoms with Gasteiger partial charge in [-0.15, -0.1) is 0 Å². The van der Waals surface area contributed by atoms with E-state index < -0.39 is 40.4 Å². The number of halogens is 2. The van der Waals surface area contributed by atoms with Crippen LogP contribution >= 0.6 is 11.6 Å². The lowest BCUT2D eigenvalue weighted by atomic mass is 10.2. The van der Waals surface area contributed by atoms with Gasteiger partial charge in [-0.2, -0.15) is 4.72 Å². The molecule has 0 spiro atoms. The van der Waals surface area contributed by atoms with E-state index >= 15 is 0 Å². The van der Waals surface area contributed by atoms with E-state index in [0.29, 0.717) is 0 Å². The molecule has 0 bridgehead atoms. The lowest BCUT2D eigenvalue weighted by molar-refractivity contribution is -0.152. The molecular weight excluding hydrogens is 423 g/mol. The summed E-state index contributed by atoms with van der Waals surface area (Å²) in [5.41, 5.74) is 0.139. The van der Waals surface area contributed by atoms with Crippen molar-refractivity contribution in [3.05, 3.63) is 64.9 Å². The number of hydrogen-bond acceptors (Lipinski definition) is 5. The predicted molar refractivity (Wildman–Crippen MR) is 105 cm³/mol. The van der Waals surface area contributed by atoms with E-state index in [0.717, 1.165) is 4.90 Å². The molecule has 1 atom stereocenters. The van der Waals surface area contributed by atoms with E-state index in [4.69, 9.17) is 16.3 Å². The Kier molecular flexibility index (Phi) is 7.72. The largest absolute Gasteiger partial charge is 0.454 e. The Labute approximate surface area is 173 Å². The number of ether oxygens (including phenoxy) is 1. The number of carbonyl (C=O) groups excluding carboxylic acids is 2. The van der Waals surface area contributed by atoms with Crippen molar-refractivity contribution < 1.29 is 27.1 Å². The topological polar surface area (TPSA) is 92.8 Å². The van der Waals surface area contributed by atoms with E-state index in [1.165, 1.54) is 44.3 Å². The zero-order chi connectivity index (χ0) is 21.6. The van der Waals surface area contributed by atoms with Crippen LogP contribution in [-0.2, 0) is 30.9 Å². The zero-order valence-corrected chi connectivity index (χ0v) is 17.3. The highest BCUT2D eigenvalue weighted by Gasteiger charge is 2.24. The molecule has 29 heavy (non-hydrogen) atoms. The summed E-state index contributed by atoms with van der Waals surface area (Å²) in [7, 11) is -2.51. The number of hydrogen-bond donors (Lipinski definition) is 1. The summed E-state index contributed by atoms with van der Waals surface area (Å²) in [5, 5.41) is 0.172. The Morgan fingerprint density at radius 3 is 2.45 bits per heavy atom. The third-order valence-corrected chi connectivity index (χ3v) is 5.87. The summed E-state index contributed by atoms with van der Waals surface area (Å²) in [6.07, 6.45) is 0. The van der Waals surface area contributed by atoms with E-state index in [-0.39, 0.29) is 22.0 Å². The van der Waals surface area contributed by atoms with Crippen LogP contribution in [0.2, 0.25) is 5.02 Å². The summed E-state index contributed by atoms with van der Waals surface area (Å²) in [4.78, 5) is 25.3. The zero-order valence-electron chi connectivity index (χ0n) is 15.8. The van der Waals surface area contributed by atoms with Crippen molar-refractivity contribution in [1.29, 1.82) is 0 Å². The molecule has 156 valence electrons. The fraction of sp³-hybridized carbons (Fsp3) is 0.263. The van der Waals surface area contributed by atoms with Crippen LogP contribution in [0.25, 0.3) is 0 Å². The molecule has 10 heteroatoms. The van der Waals surface area contributed by atoms with Crippen LogP contribution in [0.3, 0.4) is 0 Å². The Bertz CT molecular complexity index is 965. The molecular formula is C19H20ClFN2O5S. The SMILES string of the molecule is CC(NS(=O)(=O)c1ccccc1)C(=O)OCC(=O)N(C)Cc1c(F)cccc1Cl. The van der Waals surface area contributed by atoms with Gasteiger partial charge in [0, 0.05) is 24.2 Å². The smallest absolute Gasteiger partial charge is 0.324 e. The summed E-state index contributed by atoms with van der Waals surface area (Å²) >= 11 is 5.93. The van der Waals surface area contributed by atoms with Crippen LogP contribution in [0, 0.1) is 5.82 Å². The van der Waals surface area contributed by atoms with Crippen molar-refractivity contribution in [2.24, 2.45) is 0 Å². The van der Waals surface area contributed by atoms with Gasteiger partial charge in [0.05, 0.1) is 4.90 Å². The van der Waals surface area contributed by atoms with Crippen molar-refractivity contribution >= 4 is 33.5 Å². The molecule has 0 saturated carbocycles. The molecule has 2 aromatic carbocycles. The molecule has 0 heterocycles. The van der Waals surface area contributed by atoms with Crippen LogP contribution in [0.15, 0.2) is 53.4 Å². The molecule has 0 fully saturated rings. The number of nitrogens with zero attached hydrogens (tertiary/aromatic N) is 1. The molecule has 0 radical (unpaired) electrons. The van der Waals surface area contributed by atoms with E-state index in [2.05, 4.69) is 4.72 Å². The van der Waals surface area contributed by atoms with E-state index in [9.17, 15) is 22.4 Å². The Hall–Kier alpha value is -2.49. The first-order valence-electron chi connectivity index (χ1n) is 8.52. The third kappa shape index (κ3) is 6.25. The Morgan fingerprint density at radius 1 is 1.17 bits per heavy atom. The Balaban J connectivity index is 1.90. The fourth-order valence-corrected chi connectivity index (χ4v) is 3.76. The van der Waals surface area contributed by atoms with Crippen molar-refractivity contribution in [3.8, 4) is 0 Å². The average molecular weight is 443 g/mol. The molecule has 2 rings (SSSR count). The van der Waals surface area contributed by atoms with Gasteiger partial charge in [0.2, 0.25) is 10.0 Å². The normalized spacial score (nSPS) is 12.3. The monoisotopic (exact) mass is 442 g/mol. The van der Waals surface area contributed by atoms with Crippen LogP contribution in [-0.4, -0.2) is 44.9 Å². The van der Waals surface area contributed by atoms with Gasteiger partial charge in [0.15, 0.2) is 6.61 Å². The summed E-state index contributed by atoms with van der Waals surface area (Å²) in [5.74, 6) is -2.08. The second-order valence-corrected chi connectivity index (χ2v) is 8.33. The van der Waals surface area contributed by atoms with Gasteiger partial charge in [-0.05, 0) is 31.2 Å². The van der Waals surface area contributed by atoms with Gasteiger partial charge in [-0.3, -0.25) is 9.59 Å². The second-order valence-electron chi connectivity index (χ2n) is 6.21. The van der Waals surface area contributed by atoms with E-state index in [1.807, 2.05) is 0 Å². The molecule has 1 amide bonds. The number of likely N-dealkylation sites (N-methyl/N-ethyl adjacent to an activating group) is 1. The maximum atomic E-state index is 13.8. The molecule has 7 nitrogen and oxygen atoms in total. The van der Waals surface area contributed by atoms with Gasteiger partial charge >= 0.3 is 5.97 Å². The molecule has 0 aliphatic rings. The number of sulfonamides is 1. The first kappa shape index (κ1) is 22.8. The van der Waals surface area contributed by atoms with E-state index in [1.54, 1.807) is 18.2 Å². The molecule has 0 saturated heterocycles. The first-order valence-corrected chi connectivity index (χ1v) is 10.4. The second kappa shape index (κ2) is 9.82. The van der Waals surface area contributed by atoms with Crippen LogP contribution in [0.1, 0.15) is 12.5 Å². The van der Waals surface area contributed by atoms with Gasteiger partial charge in [-0.25, -0.2) is 12.8 Å². The summed E-state index contributed by atoms with van der Waals surface area (Å²) in [6, 6.07) is 10.5. The highest BCUT2D eigenvalue weighted by atomic mass is 35.5. The summed E-state index contributed by atoms with van der Waals surface area (Å²) in [6.45, 7) is 0.563. The number of benzene rings is 2. The number of nitrogens with one attached hydrogen (secondary N) is 1. The molecule has 0 aliphatic heterocycles. The first-order chi connectivity index (χ1) is 13.6. The van der Waals surface area contributed by atoms with Gasteiger partial charge < -0.3 is 9.64 Å². The number of amides is 1. The quantitative estimate of drug-likeness (QED) is 0.633. The third-order valence-electron chi connectivity index (χ3n) is 3.96. The van der Waals surface area contributed by atoms with Crippen molar-refractivity contribution in [1.82, 2.24) is 9.62 Å². The summed E-state index contributed by atoms with van der Waals surface area (Å²) < 4.78 is 45.3. The maximum Gasteiger partial charge on any atom is 0.324 e. The number of carbonyl (C=O) groups is 2. The molecule has 2 aromatic rings. The number of esters is 1. The maximum absolute atomic E-state index is 13.8. The van der Waals surface area contributed by atoms with Gasteiger partial charge in [-0.1, -0.05) is 35.9 Å². The average Bonchev–Trinajstić information content (AvgIpc) is 2.68. The molecule has 0 aliphatic carbocycles. The minimum Gasteiger partial charge on any atom is -0.454 e. The van der Waals surface area contributed by atoms with Crippen LogP contribution in [0.4, 0.5) is 4.39 Å². The minimum atomic E-state index is -3.91. The fourth-order valence-electron chi connectivity index (χ4n) is 2.33. The van der Waals surface area contributed by atoms with Gasteiger partial charge in [0.1, 0.15) is 11.9 Å². The predicted octanol–water partition coefficient (Wildman–Crippen LogP) is 2.35. The van der Waals surface area contributed by atoms with Crippen molar-refractivity contribution in [3.63, 3.8) is 0 Å². The lowest BCUT2D eigenvalue weighted by Gasteiger charge is -2.19.